The van der Waals surface area contributed by atoms with Crippen LogP contribution in [0, 0.1) is 17.8 Å². The van der Waals surface area contributed by atoms with Crippen molar-refractivity contribution < 1.29 is 50.0 Å². The van der Waals surface area contributed by atoms with E-state index in [0.717, 1.165) is 12.3 Å². The van der Waals surface area contributed by atoms with Crippen LogP contribution in [0.2, 0.25) is 0 Å². The van der Waals surface area contributed by atoms with Gasteiger partial charge in [0, 0.05) is 32.1 Å². The highest BCUT2D eigenvalue weighted by atomic mass is 32.2. The van der Waals surface area contributed by atoms with Gasteiger partial charge in [-0.25, -0.2) is 18.2 Å². The number of nitrogens with zero attached hydrogens (tertiary/aromatic N) is 2. The Morgan fingerprint density at radius 1 is 1.15 bits per heavy atom. The summed E-state index contributed by atoms with van der Waals surface area (Å²) in [6.45, 7) is -0.814. The largest absolute Gasteiger partial charge is 0.497 e. The summed E-state index contributed by atoms with van der Waals surface area (Å²) in [5.74, 6) is -2.90. The zero-order valence-electron chi connectivity index (χ0n) is 37.1. The molecular formula is C39H53N5O9S. The molecule has 2 saturated carbocycles. The van der Waals surface area contributed by atoms with Gasteiger partial charge in [0.15, 0.2) is 0 Å². The molecule has 54 heavy (non-hydrogen) atoms. The number of carbonyl (C=O) groups excluding carboxylic acids is 4. The molecule has 294 valence electrons. The number of hydrogen-bond acceptors (Lipinski definition) is 10. The van der Waals surface area contributed by atoms with Gasteiger partial charge in [-0.1, -0.05) is 26.0 Å². The van der Waals surface area contributed by atoms with Crippen LogP contribution in [0.4, 0.5) is 4.79 Å². The van der Waals surface area contributed by atoms with Gasteiger partial charge in [-0.15, -0.1) is 0 Å². The number of allylic oxidation sites excluding steroid dienone is 1. The minimum atomic E-state index is -4.08. The van der Waals surface area contributed by atoms with Crippen LogP contribution >= 0.6 is 0 Å². The number of nitrogens with one attached hydrogen (secondary N) is 3. The highest BCUT2D eigenvalue weighted by molar-refractivity contribution is 7.91. The predicted octanol–water partition coefficient (Wildman–Crippen LogP) is 4.37. The zero-order chi connectivity index (χ0) is 44.2. The highest BCUT2D eigenvalue weighted by Crippen LogP contribution is 2.47. The van der Waals surface area contributed by atoms with E-state index in [4.69, 9.17) is 22.4 Å². The van der Waals surface area contributed by atoms with Crippen molar-refractivity contribution >= 4 is 44.6 Å². The maximum atomic E-state index is 14.9. The molecule has 1 aromatic heterocycles. The first-order valence-electron chi connectivity index (χ1n) is 21.3. The topological polar surface area (TPSA) is 182 Å². The van der Waals surface area contributed by atoms with Crippen LogP contribution in [0.1, 0.15) is 94.6 Å². The predicted molar refractivity (Wildman–Crippen MR) is 201 cm³/mol. The first kappa shape index (κ1) is 31.9. The Labute approximate surface area is 325 Å². The summed E-state index contributed by atoms with van der Waals surface area (Å²) in [4.78, 5) is 62.6. The van der Waals surface area contributed by atoms with E-state index in [1.165, 1.54) is 25.1 Å². The minimum Gasteiger partial charge on any atom is -0.497 e. The molecule has 14 nitrogen and oxygen atoms in total. The molecule has 4 aliphatic rings. The van der Waals surface area contributed by atoms with E-state index < -0.39 is 93.5 Å². The average Bonchev–Trinajstić information content (AvgIpc) is 4.04. The molecule has 3 N–H and O–H groups in total. The number of aromatic nitrogens is 1. The lowest BCUT2D eigenvalue weighted by molar-refractivity contribution is -0.142. The molecule has 2 aliphatic heterocycles. The molecule has 3 fully saturated rings. The second kappa shape index (κ2) is 14.7. The van der Waals surface area contributed by atoms with E-state index >= 15 is 0 Å². The molecule has 7 atom stereocenters. The van der Waals surface area contributed by atoms with Gasteiger partial charge < -0.3 is 29.7 Å². The van der Waals surface area contributed by atoms with Crippen molar-refractivity contribution in [3.63, 3.8) is 0 Å². The monoisotopic (exact) mass is 773 g/mol. The van der Waals surface area contributed by atoms with Crippen molar-refractivity contribution in [1.29, 1.82) is 0 Å². The molecule has 2 aromatic rings. The number of fused-ring (bicyclic) bond motifs is 3. The molecule has 15 heteroatoms. The Bertz CT molecular complexity index is 2150. The molecule has 0 bridgehead atoms. The van der Waals surface area contributed by atoms with E-state index in [9.17, 15) is 27.6 Å². The van der Waals surface area contributed by atoms with Gasteiger partial charge in [0.1, 0.15) is 35.1 Å². The number of rotatable bonds is 7. The Hall–Kier alpha value is -4.40. The van der Waals surface area contributed by atoms with Gasteiger partial charge in [0.05, 0.1) is 18.4 Å². The third-order valence-corrected chi connectivity index (χ3v) is 13.2. The SMILES string of the molecule is [2H]C([2H])([2H])C(C)(OC(=O)N[C@@H]1C(=O)N2C[C@H](Oc3nccc4cc(OC)ccc34)C[C@H]2C(=O)N[C@]2(C(=O)NS(=O)(=O)C3(C)CC3)C[C@H]2/C=C\CC[C@@H](C)C[C@H]1C)C([2H])([2H])[2H]. The summed E-state index contributed by atoms with van der Waals surface area (Å²) in [6, 6.07) is 4.25. The maximum absolute atomic E-state index is 14.9. The van der Waals surface area contributed by atoms with Crippen LogP contribution < -0.4 is 24.8 Å². The number of pyridine rings is 1. The second-order valence-corrected chi connectivity index (χ2v) is 17.9. The van der Waals surface area contributed by atoms with Gasteiger partial charge in [0.2, 0.25) is 27.7 Å². The Balaban J connectivity index is 1.36. The van der Waals surface area contributed by atoms with Crippen molar-refractivity contribution in [2.45, 2.75) is 120 Å². The van der Waals surface area contributed by atoms with Gasteiger partial charge in [-0.2, -0.15) is 0 Å². The zero-order valence-corrected chi connectivity index (χ0v) is 32.0. The quantitative estimate of drug-likeness (QED) is 0.342. The van der Waals surface area contributed by atoms with Crippen molar-refractivity contribution in [2.24, 2.45) is 17.8 Å². The van der Waals surface area contributed by atoms with E-state index in [-0.39, 0.29) is 31.2 Å². The van der Waals surface area contributed by atoms with E-state index in [1.807, 2.05) is 13.0 Å². The molecule has 0 unspecified atom stereocenters. The molecule has 3 heterocycles. The lowest BCUT2D eigenvalue weighted by Gasteiger charge is -2.33. The third-order valence-electron chi connectivity index (χ3n) is 11.0. The molecule has 1 aromatic carbocycles. The van der Waals surface area contributed by atoms with Crippen molar-refractivity contribution in [1.82, 2.24) is 25.2 Å². The summed E-state index contributed by atoms with van der Waals surface area (Å²) < 4.78 is 91.8. The number of alkyl carbamates (subject to hydrolysis) is 1. The minimum absolute atomic E-state index is 0.0455. The number of sulfonamides is 1. The number of amides is 4. The van der Waals surface area contributed by atoms with Crippen LogP contribution in [-0.4, -0.2) is 89.8 Å². The van der Waals surface area contributed by atoms with Crippen LogP contribution in [0.5, 0.6) is 11.6 Å². The standard InChI is InChI=1S/C39H53N5O9S/c1-23-10-8-9-11-26-21-39(26,35(47)43-54(49,50)38(6)15-16-38)42-32(45)30-20-28(52-33-29-13-12-27(51-7)19-25(29)14-17-40-33)22-44(30)34(46)31(24(2)18-23)41-36(48)53-37(3,4)5/h9,11-14,17,19,23-24,26,28,30-31H,8,10,15-16,18,20-22H2,1-7H3,(H,41,48)(H,42,45)(H,43,47)/b11-9-/t23-,24-,26-,28-,30+,31+,39-/m1/s1/i3D3,4D3. The highest BCUT2D eigenvalue weighted by Gasteiger charge is 2.63. The van der Waals surface area contributed by atoms with Crippen LogP contribution in [0.25, 0.3) is 10.8 Å². The fourth-order valence-corrected chi connectivity index (χ4v) is 8.76. The normalized spacial score (nSPS) is 32.5. The Morgan fingerprint density at radius 2 is 1.91 bits per heavy atom. The van der Waals surface area contributed by atoms with Gasteiger partial charge in [0.25, 0.3) is 5.91 Å². The van der Waals surface area contributed by atoms with Gasteiger partial charge >= 0.3 is 6.09 Å². The van der Waals surface area contributed by atoms with Crippen LogP contribution in [0.15, 0.2) is 42.6 Å². The number of carbonyl (C=O) groups is 4. The number of methoxy groups -OCH3 is 1. The number of hydrogen-bond donors (Lipinski definition) is 3. The van der Waals surface area contributed by atoms with Crippen molar-refractivity contribution in [2.75, 3.05) is 13.7 Å². The smallest absolute Gasteiger partial charge is 0.408 e. The average molecular weight is 774 g/mol. The summed E-state index contributed by atoms with van der Waals surface area (Å²) in [7, 11) is -2.55. The number of benzene rings is 1. The Kier molecular flexibility index (Phi) is 8.67. The first-order valence-corrected chi connectivity index (χ1v) is 19.8. The lowest BCUT2D eigenvalue weighted by Crippen LogP contribution is -2.59. The summed E-state index contributed by atoms with van der Waals surface area (Å²) in [5, 5.41) is 6.61. The lowest BCUT2D eigenvalue weighted by atomic mass is 9.88. The second-order valence-electron chi connectivity index (χ2n) is 15.7. The first-order chi connectivity index (χ1) is 27.8. The van der Waals surface area contributed by atoms with Crippen molar-refractivity contribution in [3.8, 4) is 11.6 Å². The van der Waals surface area contributed by atoms with E-state index in [1.54, 1.807) is 37.3 Å². The maximum Gasteiger partial charge on any atom is 0.408 e. The third kappa shape index (κ3) is 8.30. The van der Waals surface area contributed by atoms with Gasteiger partial charge in [-0.05, 0) is 108 Å². The number of ether oxygens (including phenoxy) is 3. The fraction of sp³-hybridized carbons (Fsp3) is 0.615. The summed E-state index contributed by atoms with van der Waals surface area (Å²) in [5.41, 5.74) is -4.59. The van der Waals surface area contributed by atoms with Crippen molar-refractivity contribution in [3.05, 3.63) is 42.6 Å². The molecule has 0 spiro atoms. The van der Waals surface area contributed by atoms with Gasteiger partial charge in [-0.3, -0.25) is 19.1 Å². The summed E-state index contributed by atoms with van der Waals surface area (Å²) in [6.07, 6.45) is 5.12. The van der Waals surface area contributed by atoms with E-state index in [0.29, 0.717) is 43.2 Å². The van der Waals surface area contributed by atoms with Crippen LogP contribution in [-0.2, 0) is 29.1 Å². The molecular weight excluding hydrogens is 715 g/mol. The molecule has 2 aliphatic carbocycles. The molecule has 4 amide bonds. The molecule has 1 saturated heterocycles. The summed E-state index contributed by atoms with van der Waals surface area (Å²) >= 11 is 0. The molecule has 0 radical (unpaired) electrons. The fourth-order valence-electron chi connectivity index (χ4n) is 7.45. The van der Waals surface area contributed by atoms with E-state index in [2.05, 4.69) is 20.3 Å². The van der Waals surface area contributed by atoms with Crippen LogP contribution in [0.3, 0.4) is 0 Å². The molecule has 6 rings (SSSR count). The Morgan fingerprint density at radius 3 is 2.61 bits per heavy atom.